The predicted octanol–water partition coefficient (Wildman–Crippen LogP) is -0.0701. The molecule has 1 rings (SSSR count). The topological polar surface area (TPSA) is 70.8 Å². The molecular weight excluding hydrogens is 198 g/mol. The summed E-state index contributed by atoms with van der Waals surface area (Å²) in [6, 6.07) is -0.228. The van der Waals surface area contributed by atoms with Crippen LogP contribution in [0.1, 0.15) is 13.3 Å². The number of carbonyl (C=O) groups excluding carboxylic acids is 1. The third-order valence-corrected chi connectivity index (χ3v) is 2.25. The molecule has 0 radical (unpaired) electrons. The summed E-state index contributed by atoms with van der Waals surface area (Å²) in [7, 11) is 0. The van der Waals surface area contributed by atoms with Crippen LogP contribution in [0.3, 0.4) is 0 Å². The first-order chi connectivity index (χ1) is 7.25. The normalized spacial score (nSPS) is 25.5. The molecular formula is C10H19NO4. The average Bonchev–Trinajstić information content (AvgIpc) is 2.64. The van der Waals surface area contributed by atoms with Crippen molar-refractivity contribution < 1.29 is 19.0 Å². The molecule has 5 nitrogen and oxygen atoms in total. The Balaban J connectivity index is 2.08. The Morgan fingerprint density at radius 1 is 1.40 bits per heavy atom. The van der Waals surface area contributed by atoms with Crippen LogP contribution in [0, 0.1) is 5.92 Å². The molecule has 5 heteroatoms. The van der Waals surface area contributed by atoms with Gasteiger partial charge in [0.2, 0.25) is 0 Å². The minimum absolute atomic E-state index is 0.228. The Bertz CT molecular complexity index is 198. The maximum Gasteiger partial charge on any atom is 0.313 e. The highest BCUT2D eigenvalue weighted by Crippen LogP contribution is 2.12. The van der Waals surface area contributed by atoms with Crippen LogP contribution in [0.25, 0.3) is 0 Å². The molecule has 2 atom stereocenters. The first-order valence-corrected chi connectivity index (χ1v) is 5.33. The third kappa shape index (κ3) is 4.15. The van der Waals surface area contributed by atoms with Crippen molar-refractivity contribution in [2.24, 2.45) is 11.7 Å². The van der Waals surface area contributed by atoms with Crippen molar-refractivity contribution >= 4 is 5.97 Å². The minimum Gasteiger partial charge on any atom is -0.463 e. The molecule has 1 fully saturated rings. The van der Waals surface area contributed by atoms with Gasteiger partial charge in [0.05, 0.1) is 25.7 Å². The maximum atomic E-state index is 11.5. The minimum atomic E-state index is -0.309. The van der Waals surface area contributed by atoms with Crippen LogP contribution in [-0.2, 0) is 19.0 Å². The number of esters is 1. The van der Waals surface area contributed by atoms with E-state index >= 15 is 0 Å². The quantitative estimate of drug-likeness (QED) is 0.498. The smallest absolute Gasteiger partial charge is 0.313 e. The molecule has 0 saturated carbocycles. The van der Waals surface area contributed by atoms with Gasteiger partial charge in [-0.3, -0.25) is 4.79 Å². The molecule has 2 unspecified atom stereocenters. The SMILES string of the molecule is CCCOCCOC(=O)C1COCC1N. The molecule has 0 aromatic carbocycles. The summed E-state index contributed by atoms with van der Waals surface area (Å²) in [6.07, 6.45) is 0.968. The van der Waals surface area contributed by atoms with Gasteiger partial charge in [0.1, 0.15) is 6.61 Å². The summed E-state index contributed by atoms with van der Waals surface area (Å²) >= 11 is 0. The van der Waals surface area contributed by atoms with E-state index in [-0.39, 0.29) is 17.9 Å². The third-order valence-electron chi connectivity index (χ3n) is 2.25. The van der Waals surface area contributed by atoms with Crippen molar-refractivity contribution in [1.29, 1.82) is 0 Å². The fourth-order valence-electron chi connectivity index (χ4n) is 1.37. The fourth-order valence-corrected chi connectivity index (χ4v) is 1.37. The fraction of sp³-hybridized carbons (Fsp3) is 0.900. The standard InChI is InChI=1S/C10H19NO4/c1-2-3-13-4-5-15-10(12)8-6-14-7-9(8)11/h8-9H,2-7,11H2,1H3. The molecule has 15 heavy (non-hydrogen) atoms. The lowest BCUT2D eigenvalue weighted by Crippen LogP contribution is -2.35. The lowest BCUT2D eigenvalue weighted by molar-refractivity contribution is -0.150. The van der Waals surface area contributed by atoms with Crippen molar-refractivity contribution in [1.82, 2.24) is 0 Å². The first-order valence-electron chi connectivity index (χ1n) is 5.33. The lowest BCUT2D eigenvalue weighted by Gasteiger charge is -2.12. The van der Waals surface area contributed by atoms with Crippen LogP contribution >= 0.6 is 0 Å². The summed E-state index contributed by atoms with van der Waals surface area (Å²) in [5, 5.41) is 0. The molecule has 2 N–H and O–H groups in total. The maximum absolute atomic E-state index is 11.5. The van der Waals surface area contributed by atoms with E-state index in [1.807, 2.05) is 6.92 Å². The van der Waals surface area contributed by atoms with E-state index in [2.05, 4.69) is 0 Å². The molecule has 1 aliphatic rings. The number of hydrogen-bond donors (Lipinski definition) is 1. The van der Waals surface area contributed by atoms with E-state index in [0.29, 0.717) is 33.0 Å². The molecule has 1 heterocycles. The molecule has 0 aliphatic carbocycles. The van der Waals surface area contributed by atoms with Crippen LogP contribution in [0.15, 0.2) is 0 Å². The number of carbonyl (C=O) groups is 1. The van der Waals surface area contributed by atoms with Crippen LogP contribution in [0.4, 0.5) is 0 Å². The second-order valence-electron chi connectivity index (χ2n) is 3.59. The molecule has 1 saturated heterocycles. The molecule has 88 valence electrons. The van der Waals surface area contributed by atoms with Crippen LogP contribution < -0.4 is 5.73 Å². The number of ether oxygens (including phenoxy) is 3. The van der Waals surface area contributed by atoms with Crippen molar-refractivity contribution in [3.05, 3.63) is 0 Å². The number of hydrogen-bond acceptors (Lipinski definition) is 5. The highest BCUT2D eigenvalue weighted by atomic mass is 16.6. The summed E-state index contributed by atoms with van der Waals surface area (Å²) in [5.41, 5.74) is 5.67. The highest BCUT2D eigenvalue weighted by Gasteiger charge is 2.32. The van der Waals surface area contributed by atoms with Crippen molar-refractivity contribution in [2.75, 3.05) is 33.0 Å². The zero-order valence-corrected chi connectivity index (χ0v) is 9.11. The van der Waals surface area contributed by atoms with Crippen LogP contribution in [0.2, 0.25) is 0 Å². The van der Waals surface area contributed by atoms with Gasteiger partial charge < -0.3 is 19.9 Å². The molecule has 1 aliphatic heterocycles. The second kappa shape index (κ2) is 6.76. The second-order valence-corrected chi connectivity index (χ2v) is 3.59. The van der Waals surface area contributed by atoms with E-state index < -0.39 is 0 Å². The van der Waals surface area contributed by atoms with E-state index in [1.165, 1.54) is 0 Å². The van der Waals surface area contributed by atoms with E-state index in [0.717, 1.165) is 6.42 Å². The van der Waals surface area contributed by atoms with Crippen molar-refractivity contribution in [3.8, 4) is 0 Å². The molecule has 0 spiro atoms. The van der Waals surface area contributed by atoms with Gasteiger partial charge in [-0.05, 0) is 6.42 Å². The summed E-state index contributed by atoms with van der Waals surface area (Å²) < 4.78 is 15.3. The van der Waals surface area contributed by atoms with Crippen LogP contribution in [0.5, 0.6) is 0 Å². The van der Waals surface area contributed by atoms with E-state index in [1.54, 1.807) is 0 Å². The summed E-state index contributed by atoms with van der Waals surface area (Å²) in [4.78, 5) is 11.5. The van der Waals surface area contributed by atoms with Gasteiger partial charge >= 0.3 is 5.97 Å². The van der Waals surface area contributed by atoms with Gasteiger partial charge in [-0.15, -0.1) is 0 Å². The molecule has 0 aromatic heterocycles. The lowest BCUT2D eigenvalue weighted by atomic mass is 10.1. The van der Waals surface area contributed by atoms with Gasteiger partial charge in [-0.1, -0.05) is 6.92 Å². The summed E-state index contributed by atoms with van der Waals surface area (Å²) in [6.45, 7) is 4.27. The monoisotopic (exact) mass is 217 g/mol. The zero-order valence-electron chi connectivity index (χ0n) is 9.11. The largest absolute Gasteiger partial charge is 0.463 e. The number of rotatable bonds is 6. The van der Waals surface area contributed by atoms with Gasteiger partial charge in [-0.2, -0.15) is 0 Å². The Hall–Kier alpha value is -0.650. The first kappa shape index (κ1) is 12.4. The van der Waals surface area contributed by atoms with Gasteiger partial charge in [-0.25, -0.2) is 0 Å². The molecule has 0 bridgehead atoms. The van der Waals surface area contributed by atoms with Gasteiger partial charge in [0.15, 0.2) is 0 Å². The van der Waals surface area contributed by atoms with E-state index in [9.17, 15) is 4.79 Å². The van der Waals surface area contributed by atoms with Crippen molar-refractivity contribution in [2.45, 2.75) is 19.4 Å². The van der Waals surface area contributed by atoms with Gasteiger partial charge in [0, 0.05) is 12.6 Å². The Morgan fingerprint density at radius 2 is 2.20 bits per heavy atom. The Kier molecular flexibility index (Phi) is 5.60. The molecule has 0 amide bonds. The van der Waals surface area contributed by atoms with Crippen molar-refractivity contribution in [3.63, 3.8) is 0 Å². The Morgan fingerprint density at radius 3 is 2.80 bits per heavy atom. The average molecular weight is 217 g/mol. The van der Waals surface area contributed by atoms with Gasteiger partial charge in [0.25, 0.3) is 0 Å². The zero-order chi connectivity index (χ0) is 11.1. The predicted molar refractivity (Wildman–Crippen MR) is 54.4 cm³/mol. The van der Waals surface area contributed by atoms with Crippen LogP contribution in [-0.4, -0.2) is 45.0 Å². The molecule has 0 aromatic rings. The Labute approximate surface area is 89.9 Å². The summed E-state index contributed by atoms with van der Waals surface area (Å²) in [5.74, 6) is -0.587. The number of nitrogens with two attached hydrogens (primary N) is 1. The van der Waals surface area contributed by atoms with E-state index in [4.69, 9.17) is 19.9 Å². The highest BCUT2D eigenvalue weighted by molar-refractivity contribution is 5.73.